The molecule has 1 unspecified atom stereocenters. The summed E-state index contributed by atoms with van der Waals surface area (Å²) in [6.45, 7) is 0.644. The maximum Gasteiger partial charge on any atom is 0.0760 e. The molecule has 0 spiro atoms. The quantitative estimate of drug-likeness (QED) is 0.728. The average molecular weight is 275 g/mol. The first-order valence-electron chi connectivity index (χ1n) is 7.34. The molecule has 0 aromatic heterocycles. The van der Waals surface area contributed by atoms with E-state index in [0.29, 0.717) is 6.54 Å². The number of hydrogen-bond donors (Lipinski definition) is 1. The molecule has 1 atom stereocenters. The van der Waals surface area contributed by atoms with Crippen molar-refractivity contribution in [1.82, 2.24) is 0 Å². The van der Waals surface area contributed by atoms with Crippen LogP contribution < -0.4 is 4.90 Å². The summed E-state index contributed by atoms with van der Waals surface area (Å²) in [7, 11) is 0. The van der Waals surface area contributed by atoms with Gasteiger partial charge in [-0.3, -0.25) is 0 Å². The zero-order valence-corrected chi connectivity index (χ0v) is 11.7. The first-order valence-corrected chi connectivity index (χ1v) is 7.34. The number of rotatable bonds is 1. The minimum absolute atomic E-state index is 0.320. The van der Waals surface area contributed by atoms with Crippen LogP contribution in [-0.2, 0) is 6.42 Å². The van der Waals surface area contributed by atoms with E-state index in [9.17, 15) is 5.11 Å². The fourth-order valence-corrected chi connectivity index (χ4v) is 3.25. The van der Waals surface area contributed by atoms with Crippen molar-refractivity contribution in [3.05, 3.63) is 72.3 Å². The SMILES string of the molecule is OC1Cc2ccc3ccccc3c2N(c2ccccc2)C1. The molecule has 1 heterocycles. The average Bonchev–Trinajstić information content (AvgIpc) is 2.54. The van der Waals surface area contributed by atoms with E-state index in [1.165, 1.54) is 22.0 Å². The van der Waals surface area contributed by atoms with E-state index in [4.69, 9.17) is 0 Å². The number of nitrogens with zero attached hydrogens (tertiary/aromatic N) is 1. The van der Waals surface area contributed by atoms with Crippen LogP contribution >= 0.6 is 0 Å². The third-order valence-corrected chi connectivity index (χ3v) is 4.17. The molecule has 0 aliphatic carbocycles. The third-order valence-electron chi connectivity index (χ3n) is 4.17. The maximum atomic E-state index is 10.2. The Morgan fingerprint density at radius 3 is 2.48 bits per heavy atom. The Morgan fingerprint density at radius 1 is 0.857 bits per heavy atom. The van der Waals surface area contributed by atoms with Crippen LogP contribution in [0.15, 0.2) is 66.7 Å². The Balaban J connectivity index is 1.98. The van der Waals surface area contributed by atoms with E-state index in [0.717, 1.165) is 12.1 Å². The number of aliphatic hydroxyl groups excluding tert-OH is 1. The maximum absolute atomic E-state index is 10.2. The highest BCUT2D eigenvalue weighted by atomic mass is 16.3. The number of benzene rings is 3. The van der Waals surface area contributed by atoms with Crippen LogP contribution in [0.5, 0.6) is 0 Å². The van der Waals surface area contributed by atoms with Gasteiger partial charge in [-0.1, -0.05) is 54.6 Å². The lowest BCUT2D eigenvalue weighted by molar-refractivity contribution is 0.179. The summed E-state index contributed by atoms with van der Waals surface area (Å²) in [6, 6.07) is 23.1. The van der Waals surface area contributed by atoms with Crippen LogP contribution in [0.25, 0.3) is 10.8 Å². The number of fused-ring (bicyclic) bond motifs is 3. The van der Waals surface area contributed by atoms with Gasteiger partial charge >= 0.3 is 0 Å². The molecule has 0 saturated heterocycles. The van der Waals surface area contributed by atoms with Crippen molar-refractivity contribution in [2.24, 2.45) is 0 Å². The van der Waals surface area contributed by atoms with Gasteiger partial charge in [0.25, 0.3) is 0 Å². The van der Waals surface area contributed by atoms with Crippen molar-refractivity contribution in [1.29, 1.82) is 0 Å². The Hall–Kier alpha value is -2.32. The van der Waals surface area contributed by atoms with Gasteiger partial charge in [-0.25, -0.2) is 0 Å². The summed E-state index contributed by atoms with van der Waals surface area (Å²) >= 11 is 0. The molecule has 2 nitrogen and oxygen atoms in total. The number of β-amino-alcohol motifs (C(OH)–C–C–N with tert-alkyl or cyclic N) is 1. The van der Waals surface area contributed by atoms with E-state index in [1.807, 2.05) is 18.2 Å². The molecular weight excluding hydrogens is 258 g/mol. The monoisotopic (exact) mass is 275 g/mol. The van der Waals surface area contributed by atoms with Crippen molar-refractivity contribution < 1.29 is 5.11 Å². The lowest BCUT2D eigenvalue weighted by Crippen LogP contribution is -2.35. The Morgan fingerprint density at radius 2 is 1.62 bits per heavy atom. The normalized spacial score (nSPS) is 17.8. The Labute approximate surface area is 124 Å². The Kier molecular flexibility index (Phi) is 2.90. The molecule has 104 valence electrons. The molecule has 3 aromatic rings. The lowest BCUT2D eigenvalue weighted by Gasteiger charge is -2.35. The summed E-state index contributed by atoms with van der Waals surface area (Å²) in [5.74, 6) is 0. The zero-order chi connectivity index (χ0) is 14.2. The minimum Gasteiger partial charge on any atom is -0.391 e. The van der Waals surface area contributed by atoms with Gasteiger partial charge in [0.15, 0.2) is 0 Å². The molecule has 3 aromatic carbocycles. The van der Waals surface area contributed by atoms with E-state index in [-0.39, 0.29) is 6.10 Å². The van der Waals surface area contributed by atoms with Crippen LogP contribution in [-0.4, -0.2) is 17.8 Å². The molecule has 0 fully saturated rings. The van der Waals surface area contributed by atoms with Crippen molar-refractivity contribution in [2.45, 2.75) is 12.5 Å². The summed E-state index contributed by atoms with van der Waals surface area (Å²) in [6.07, 6.45) is 0.405. The van der Waals surface area contributed by atoms with Crippen LogP contribution in [0, 0.1) is 0 Å². The van der Waals surface area contributed by atoms with Gasteiger partial charge in [0.05, 0.1) is 11.8 Å². The molecule has 21 heavy (non-hydrogen) atoms. The number of aliphatic hydroxyl groups is 1. The fourth-order valence-electron chi connectivity index (χ4n) is 3.25. The molecule has 2 heteroatoms. The van der Waals surface area contributed by atoms with E-state index in [2.05, 4.69) is 53.4 Å². The van der Waals surface area contributed by atoms with Crippen LogP contribution in [0.4, 0.5) is 11.4 Å². The first-order chi connectivity index (χ1) is 10.3. The molecule has 1 aliphatic heterocycles. The third kappa shape index (κ3) is 2.08. The Bertz CT molecular complexity index is 782. The summed E-state index contributed by atoms with van der Waals surface area (Å²) in [5, 5.41) is 12.7. The van der Waals surface area contributed by atoms with Crippen molar-refractivity contribution in [3.8, 4) is 0 Å². The molecule has 1 aliphatic rings. The molecule has 1 N–H and O–H groups in total. The summed E-state index contributed by atoms with van der Waals surface area (Å²) < 4.78 is 0. The highest BCUT2D eigenvalue weighted by molar-refractivity contribution is 5.98. The van der Waals surface area contributed by atoms with Gasteiger partial charge in [-0.05, 0) is 23.1 Å². The zero-order valence-electron chi connectivity index (χ0n) is 11.7. The molecule has 4 rings (SSSR count). The van der Waals surface area contributed by atoms with Crippen molar-refractivity contribution >= 4 is 22.1 Å². The van der Waals surface area contributed by atoms with Crippen LogP contribution in [0.3, 0.4) is 0 Å². The second-order valence-electron chi connectivity index (χ2n) is 5.60. The number of para-hydroxylation sites is 1. The molecule has 0 amide bonds. The van der Waals surface area contributed by atoms with E-state index < -0.39 is 0 Å². The van der Waals surface area contributed by atoms with E-state index >= 15 is 0 Å². The molecule has 0 radical (unpaired) electrons. The summed E-state index contributed by atoms with van der Waals surface area (Å²) in [5.41, 5.74) is 3.59. The van der Waals surface area contributed by atoms with Gasteiger partial charge in [-0.2, -0.15) is 0 Å². The van der Waals surface area contributed by atoms with Crippen LogP contribution in [0.1, 0.15) is 5.56 Å². The number of anilines is 2. The topological polar surface area (TPSA) is 23.5 Å². The van der Waals surface area contributed by atoms with Gasteiger partial charge in [0.1, 0.15) is 0 Å². The predicted octanol–water partition coefficient (Wildman–Crippen LogP) is 3.89. The second-order valence-corrected chi connectivity index (χ2v) is 5.60. The van der Waals surface area contributed by atoms with Gasteiger partial charge in [0.2, 0.25) is 0 Å². The molecule has 0 bridgehead atoms. The fraction of sp³-hybridized carbons (Fsp3) is 0.158. The van der Waals surface area contributed by atoms with Gasteiger partial charge in [-0.15, -0.1) is 0 Å². The minimum atomic E-state index is -0.320. The molecular formula is C19H17NO. The highest BCUT2D eigenvalue weighted by Crippen LogP contribution is 2.39. The smallest absolute Gasteiger partial charge is 0.0760 e. The van der Waals surface area contributed by atoms with Crippen molar-refractivity contribution in [3.63, 3.8) is 0 Å². The standard InChI is InChI=1S/C19H17NO/c21-17-12-15-11-10-14-6-4-5-9-18(14)19(15)20(13-17)16-7-2-1-3-8-16/h1-11,17,21H,12-13H2. The van der Waals surface area contributed by atoms with Crippen molar-refractivity contribution in [2.75, 3.05) is 11.4 Å². The van der Waals surface area contributed by atoms with Gasteiger partial charge in [0, 0.05) is 24.0 Å². The molecule has 0 saturated carbocycles. The second kappa shape index (κ2) is 4.90. The predicted molar refractivity (Wildman–Crippen MR) is 87.1 cm³/mol. The largest absolute Gasteiger partial charge is 0.391 e. The first kappa shape index (κ1) is 12.4. The lowest BCUT2D eigenvalue weighted by atomic mass is 9.94. The van der Waals surface area contributed by atoms with Gasteiger partial charge < -0.3 is 10.0 Å². The number of hydrogen-bond acceptors (Lipinski definition) is 2. The summed E-state index contributed by atoms with van der Waals surface area (Å²) in [4.78, 5) is 2.24. The van der Waals surface area contributed by atoms with Crippen LogP contribution in [0.2, 0.25) is 0 Å². The highest BCUT2D eigenvalue weighted by Gasteiger charge is 2.25. The van der Waals surface area contributed by atoms with E-state index in [1.54, 1.807) is 0 Å².